The molecule has 4 aromatic heterocycles. The zero-order valence-corrected chi connectivity index (χ0v) is 20.9. The van der Waals surface area contributed by atoms with E-state index in [1.165, 1.54) is 18.3 Å². The lowest BCUT2D eigenvalue weighted by molar-refractivity contribution is -0.116. The zero-order valence-electron chi connectivity index (χ0n) is 20.9. The van der Waals surface area contributed by atoms with Crippen molar-refractivity contribution in [2.75, 3.05) is 5.32 Å². The van der Waals surface area contributed by atoms with E-state index in [0.717, 1.165) is 24.0 Å². The van der Waals surface area contributed by atoms with Gasteiger partial charge in [0.15, 0.2) is 11.5 Å². The first-order chi connectivity index (χ1) is 19.0. The molecule has 10 heteroatoms. The smallest absolute Gasteiger partial charge is 0.224 e. The van der Waals surface area contributed by atoms with E-state index in [-0.39, 0.29) is 17.1 Å². The molecule has 194 valence electrons. The third-order valence-corrected chi connectivity index (χ3v) is 6.52. The Kier molecular flexibility index (Phi) is 6.28. The van der Waals surface area contributed by atoms with Crippen LogP contribution in [0.5, 0.6) is 0 Å². The van der Waals surface area contributed by atoms with Crippen molar-refractivity contribution in [1.29, 1.82) is 0 Å². The van der Waals surface area contributed by atoms with Crippen LogP contribution in [0, 0.1) is 11.6 Å². The van der Waals surface area contributed by atoms with Gasteiger partial charge in [0.2, 0.25) is 5.91 Å². The Balaban J connectivity index is 1.41. The van der Waals surface area contributed by atoms with Gasteiger partial charge in [-0.05, 0) is 48.4 Å². The minimum Gasteiger partial charge on any atom is -0.325 e. The second-order valence-corrected chi connectivity index (χ2v) is 9.18. The number of anilines is 1. The standard InChI is InChI=1S/C29H23F2N7O/c1-2-3-4-23(39)34-19-13-17(14-32-15-19)20-9-10-22-24(25(20)31)27(38-37-22)29-35-26-21(11-12-33-28(26)36-29)16-5-7-18(30)8-6-16/h5-15H,2-4H2,1H3,(H,34,39)(H,37,38)(H,33,35,36). The van der Waals surface area contributed by atoms with Crippen LogP contribution < -0.4 is 5.32 Å². The molecule has 0 spiro atoms. The minimum atomic E-state index is -0.500. The average molecular weight is 524 g/mol. The highest BCUT2D eigenvalue weighted by Gasteiger charge is 2.21. The van der Waals surface area contributed by atoms with E-state index in [4.69, 9.17) is 4.98 Å². The fraction of sp³-hybridized carbons (Fsp3) is 0.138. The van der Waals surface area contributed by atoms with E-state index >= 15 is 4.39 Å². The zero-order chi connectivity index (χ0) is 26.9. The summed E-state index contributed by atoms with van der Waals surface area (Å²) in [7, 11) is 0. The molecule has 1 amide bonds. The molecule has 6 rings (SSSR count). The molecule has 8 nitrogen and oxygen atoms in total. The van der Waals surface area contributed by atoms with Gasteiger partial charge in [-0.3, -0.25) is 14.9 Å². The number of imidazole rings is 1. The lowest BCUT2D eigenvalue weighted by Crippen LogP contribution is -2.11. The summed E-state index contributed by atoms with van der Waals surface area (Å²) in [6, 6.07) is 13.0. The van der Waals surface area contributed by atoms with E-state index < -0.39 is 5.82 Å². The number of unbranched alkanes of at least 4 members (excludes halogenated alkanes) is 1. The highest BCUT2D eigenvalue weighted by atomic mass is 19.1. The third-order valence-electron chi connectivity index (χ3n) is 6.52. The molecule has 0 aliphatic carbocycles. The molecule has 0 saturated heterocycles. The molecule has 0 fully saturated rings. The number of halogens is 2. The van der Waals surface area contributed by atoms with Crippen LogP contribution in [0.4, 0.5) is 14.5 Å². The third kappa shape index (κ3) is 4.61. The van der Waals surface area contributed by atoms with Crippen molar-refractivity contribution < 1.29 is 13.6 Å². The minimum absolute atomic E-state index is 0.109. The Morgan fingerprint density at radius 2 is 1.85 bits per heavy atom. The van der Waals surface area contributed by atoms with Gasteiger partial charge in [0.1, 0.15) is 22.8 Å². The van der Waals surface area contributed by atoms with Gasteiger partial charge in [-0.15, -0.1) is 0 Å². The van der Waals surface area contributed by atoms with Crippen LogP contribution in [0.1, 0.15) is 26.2 Å². The summed E-state index contributed by atoms with van der Waals surface area (Å²) in [5.41, 5.74) is 4.70. The van der Waals surface area contributed by atoms with Gasteiger partial charge in [0, 0.05) is 35.5 Å². The lowest BCUT2D eigenvalue weighted by atomic mass is 10.0. The van der Waals surface area contributed by atoms with Gasteiger partial charge in [-0.25, -0.2) is 18.7 Å². The molecule has 0 aliphatic rings. The maximum atomic E-state index is 16.1. The largest absolute Gasteiger partial charge is 0.325 e. The molecule has 6 aromatic rings. The number of rotatable bonds is 7. The highest BCUT2D eigenvalue weighted by molar-refractivity contribution is 5.98. The second kappa shape index (κ2) is 10.1. The summed E-state index contributed by atoms with van der Waals surface area (Å²) in [6.45, 7) is 2.02. The topological polar surface area (TPSA) is 112 Å². The van der Waals surface area contributed by atoms with Crippen molar-refractivity contribution in [2.45, 2.75) is 26.2 Å². The number of nitrogens with one attached hydrogen (secondary N) is 3. The van der Waals surface area contributed by atoms with E-state index in [9.17, 15) is 9.18 Å². The number of benzene rings is 2. The highest BCUT2D eigenvalue weighted by Crippen LogP contribution is 2.35. The second-order valence-electron chi connectivity index (χ2n) is 9.18. The van der Waals surface area contributed by atoms with Crippen LogP contribution in [0.2, 0.25) is 0 Å². The molecule has 39 heavy (non-hydrogen) atoms. The van der Waals surface area contributed by atoms with Crippen LogP contribution >= 0.6 is 0 Å². The number of aromatic amines is 2. The number of carbonyl (C=O) groups is 1. The number of H-pyrrole nitrogens is 2. The first-order valence-electron chi connectivity index (χ1n) is 12.5. The predicted octanol–water partition coefficient (Wildman–Crippen LogP) is 6.64. The number of amides is 1. The Labute approximate surface area is 221 Å². The molecule has 4 heterocycles. The van der Waals surface area contributed by atoms with Gasteiger partial charge in [0.05, 0.1) is 22.8 Å². The van der Waals surface area contributed by atoms with Gasteiger partial charge in [-0.1, -0.05) is 25.5 Å². The number of hydrogen-bond acceptors (Lipinski definition) is 5. The molecule has 0 radical (unpaired) electrons. The van der Waals surface area contributed by atoms with Gasteiger partial charge in [-0.2, -0.15) is 5.10 Å². The summed E-state index contributed by atoms with van der Waals surface area (Å²) in [5, 5.41) is 10.3. The summed E-state index contributed by atoms with van der Waals surface area (Å²) in [4.78, 5) is 28.6. The van der Waals surface area contributed by atoms with Gasteiger partial charge in [0.25, 0.3) is 0 Å². The molecule has 2 aromatic carbocycles. The molecule has 0 unspecified atom stereocenters. The summed E-state index contributed by atoms with van der Waals surface area (Å²) in [5.74, 6) is -0.605. The van der Waals surface area contributed by atoms with Crippen molar-refractivity contribution in [3.05, 3.63) is 78.8 Å². The summed E-state index contributed by atoms with van der Waals surface area (Å²) in [6.07, 6.45) is 6.83. The number of fused-ring (bicyclic) bond motifs is 2. The van der Waals surface area contributed by atoms with Crippen LogP contribution in [-0.2, 0) is 4.79 Å². The maximum Gasteiger partial charge on any atom is 0.224 e. The molecule has 3 N–H and O–H groups in total. The Bertz CT molecular complexity index is 1830. The number of nitrogens with zero attached hydrogens (tertiary/aromatic N) is 4. The van der Waals surface area contributed by atoms with Crippen molar-refractivity contribution >= 4 is 33.7 Å². The SMILES string of the molecule is CCCCC(=O)Nc1cncc(-c2ccc3[nH]nc(-c4nc5c(-c6ccc(F)cc6)ccnc5[nH]4)c3c2F)c1. The van der Waals surface area contributed by atoms with Crippen LogP contribution in [-0.4, -0.2) is 36.0 Å². The monoisotopic (exact) mass is 523 g/mol. The summed E-state index contributed by atoms with van der Waals surface area (Å²) >= 11 is 0. The molecule has 0 atom stereocenters. The van der Waals surface area contributed by atoms with Crippen molar-refractivity contribution in [3.63, 3.8) is 0 Å². The number of hydrogen-bond donors (Lipinski definition) is 3. The normalized spacial score (nSPS) is 11.4. The maximum absolute atomic E-state index is 16.1. The number of carbonyl (C=O) groups excluding carboxylic acids is 1. The quantitative estimate of drug-likeness (QED) is 0.217. The average Bonchev–Trinajstić information content (AvgIpc) is 3.57. The van der Waals surface area contributed by atoms with Gasteiger partial charge < -0.3 is 10.3 Å². The number of pyridine rings is 2. The Morgan fingerprint density at radius 1 is 1.00 bits per heavy atom. The fourth-order valence-electron chi connectivity index (χ4n) is 4.57. The van der Waals surface area contributed by atoms with E-state index in [0.29, 0.717) is 51.4 Å². The molecule has 0 saturated carbocycles. The van der Waals surface area contributed by atoms with Crippen LogP contribution in [0.3, 0.4) is 0 Å². The first kappa shape index (κ1) is 24.4. The molecular weight excluding hydrogens is 500 g/mol. The van der Waals surface area contributed by atoms with E-state index in [1.54, 1.807) is 48.8 Å². The predicted molar refractivity (Wildman–Crippen MR) is 146 cm³/mol. The van der Waals surface area contributed by atoms with E-state index in [2.05, 4.69) is 30.5 Å². The lowest BCUT2D eigenvalue weighted by Gasteiger charge is -2.08. The molecule has 0 aliphatic heterocycles. The van der Waals surface area contributed by atoms with E-state index in [1.807, 2.05) is 6.92 Å². The fourth-order valence-corrected chi connectivity index (χ4v) is 4.57. The summed E-state index contributed by atoms with van der Waals surface area (Å²) < 4.78 is 29.5. The Hall–Kier alpha value is -4.99. The van der Waals surface area contributed by atoms with Crippen molar-refractivity contribution in [1.82, 2.24) is 30.1 Å². The van der Waals surface area contributed by atoms with Crippen LogP contribution in [0.15, 0.2) is 67.1 Å². The van der Waals surface area contributed by atoms with Crippen molar-refractivity contribution in [2.24, 2.45) is 0 Å². The van der Waals surface area contributed by atoms with Crippen molar-refractivity contribution in [3.8, 4) is 33.8 Å². The first-order valence-corrected chi connectivity index (χ1v) is 12.5. The molecular formula is C29H23F2N7O. The molecule has 0 bridgehead atoms. The Morgan fingerprint density at radius 3 is 2.67 bits per heavy atom. The van der Waals surface area contributed by atoms with Crippen LogP contribution in [0.25, 0.3) is 55.8 Å². The van der Waals surface area contributed by atoms with Gasteiger partial charge >= 0.3 is 0 Å². The number of aromatic nitrogens is 6.